The van der Waals surface area contributed by atoms with E-state index in [1.54, 1.807) is 11.1 Å². The van der Waals surface area contributed by atoms with Gasteiger partial charge in [0, 0.05) is 23.8 Å². The zero-order chi connectivity index (χ0) is 19.6. The molecular formula is C23H25N3O. The number of hydrogen-bond donors (Lipinski definition) is 0. The fourth-order valence-corrected chi connectivity index (χ4v) is 3.21. The normalized spacial score (nSPS) is 11.3. The van der Waals surface area contributed by atoms with E-state index in [-0.39, 0.29) is 5.41 Å². The van der Waals surface area contributed by atoms with Crippen LogP contribution in [0.25, 0.3) is 11.1 Å². The number of aryl methyl sites for hydroxylation is 2. The van der Waals surface area contributed by atoms with Crippen LogP contribution in [0, 0.1) is 13.8 Å². The monoisotopic (exact) mass is 359 g/mol. The molecule has 1 aromatic carbocycles. The van der Waals surface area contributed by atoms with E-state index in [2.05, 4.69) is 55.0 Å². The molecule has 1 amide bonds. The second kappa shape index (κ2) is 7.31. The Morgan fingerprint density at radius 1 is 0.852 bits per heavy atom. The van der Waals surface area contributed by atoms with E-state index < -0.39 is 0 Å². The Balaban J connectivity index is 2.21. The van der Waals surface area contributed by atoms with Crippen molar-refractivity contribution in [3.8, 4) is 11.1 Å². The lowest BCUT2D eigenvalue weighted by Crippen LogP contribution is -2.21. The number of carbonyl (C=O) groups is 1. The Morgan fingerprint density at radius 2 is 1.48 bits per heavy atom. The van der Waals surface area contributed by atoms with Crippen LogP contribution in [0.4, 0.5) is 11.4 Å². The van der Waals surface area contributed by atoms with Gasteiger partial charge in [-0.25, -0.2) is 0 Å². The quantitative estimate of drug-likeness (QED) is 0.590. The van der Waals surface area contributed by atoms with E-state index in [1.807, 2.05) is 38.2 Å². The molecule has 2 heterocycles. The van der Waals surface area contributed by atoms with Crippen LogP contribution in [-0.4, -0.2) is 16.4 Å². The second-order valence-electron chi connectivity index (χ2n) is 7.80. The molecule has 0 saturated carbocycles. The van der Waals surface area contributed by atoms with Crippen LogP contribution >= 0.6 is 0 Å². The molecule has 0 bridgehead atoms. The maximum absolute atomic E-state index is 12.1. The standard InChI is InChI=1S/C23H25N3O/c1-16-12-19(8-10-24-16)18-6-7-21(23(3,4)5)22(14-18)26(15-27)20-9-11-25-17(2)13-20/h6-15H,1-5H3. The highest BCUT2D eigenvalue weighted by Crippen LogP contribution is 2.38. The first-order valence-electron chi connectivity index (χ1n) is 9.04. The Kier molecular flexibility index (Phi) is 5.08. The highest BCUT2D eigenvalue weighted by Gasteiger charge is 2.23. The molecule has 0 aliphatic carbocycles. The van der Waals surface area contributed by atoms with Crippen LogP contribution in [0.15, 0.2) is 54.9 Å². The van der Waals surface area contributed by atoms with Gasteiger partial charge in [0.1, 0.15) is 0 Å². The van der Waals surface area contributed by atoms with Crippen molar-refractivity contribution < 1.29 is 4.79 Å². The zero-order valence-corrected chi connectivity index (χ0v) is 16.5. The third kappa shape index (κ3) is 4.05. The molecule has 3 aromatic rings. The summed E-state index contributed by atoms with van der Waals surface area (Å²) >= 11 is 0. The van der Waals surface area contributed by atoms with E-state index in [0.29, 0.717) is 0 Å². The van der Waals surface area contributed by atoms with Gasteiger partial charge in [-0.15, -0.1) is 0 Å². The lowest BCUT2D eigenvalue weighted by molar-refractivity contribution is -0.106. The molecule has 3 rings (SSSR count). The molecule has 27 heavy (non-hydrogen) atoms. The maximum Gasteiger partial charge on any atom is 0.218 e. The van der Waals surface area contributed by atoms with Crippen molar-refractivity contribution in [2.24, 2.45) is 0 Å². The van der Waals surface area contributed by atoms with Crippen molar-refractivity contribution in [2.75, 3.05) is 4.90 Å². The number of nitrogens with zero attached hydrogens (tertiary/aromatic N) is 3. The van der Waals surface area contributed by atoms with E-state index in [0.717, 1.165) is 45.9 Å². The van der Waals surface area contributed by atoms with Gasteiger partial charge < -0.3 is 0 Å². The highest BCUT2D eigenvalue weighted by molar-refractivity contribution is 5.90. The summed E-state index contributed by atoms with van der Waals surface area (Å²) in [5.74, 6) is 0. The van der Waals surface area contributed by atoms with E-state index in [9.17, 15) is 4.79 Å². The minimum atomic E-state index is -0.106. The van der Waals surface area contributed by atoms with Crippen LogP contribution in [0.3, 0.4) is 0 Å². The smallest absolute Gasteiger partial charge is 0.218 e. The predicted octanol–water partition coefficient (Wildman–Crippen LogP) is 5.35. The number of pyridine rings is 2. The molecule has 4 heteroatoms. The summed E-state index contributed by atoms with van der Waals surface area (Å²) in [6, 6.07) is 14.1. The fourth-order valence-electron chi connectivity index (χ4n) is 3.21. The van der Waals surface area contributed by atoms with Gasteiger partial charge >= 0.3 is 0 Å². The van der Waals surface area contributed by atoms with E-state index in [1.165, 1.54) is 0 Å². The average molecular weight is 359 g/mol. The number of aromatic nitrogens is 2. The minimum Gasteiger partial charge on any atom is -0.283 e. The summed E-state index contributed by atoms with van der Waals surface area (Å²) in [4.78, 5) is 22.3. The largest absolute Gasteiger partial charge is 0.283 e. The number of carbonyl (C=O) groups excluding carboxylic acids is 1. The Bertz CT molecular complexity index is 973. The van der Waals surface area contributed by atoms with Crippen LogP contribution in [-0.2, 0) is 10.2 Å². The first-order valence-corrected chi connectivity index (χ1v) is 9.04. The molecule has 2 aromatic heterocycles. The molecule has 0 saturated heterocycles. The second-order valence-corrected chi connectivity index (χ2v) is 7.80. The Labute approximate surface area is 160 Å². The number of hydrogen-bond acceptors (Lipinski definition) is 3. The van der Waals surface area contributed by atoms with Gasteiger partial charge in [0.05, 0.1) is 11.4 Å². The number of rotatable bonds is 4. The van der Waals surface area contributed by atoms with Gasteiger partial charge in [-0.2, -0.15) is 0 Å². The van der Waals surface area contributed by atoms with Crippen LogP contribution < -0.4 is 4.90 Å². The maximum atomic E-state index is 12.1. The van der Waals surface area contributed by atoms with Crippen molar-refractivity contribution in [3.05, 3.63) is 71.8 Å². The van der Waals surface area contributed by atoms with Gasteiger partial charge in [0.15, 0.2) is 0 Å². The molecule has 0 atom stereocenters. The van der Waals surface area contributed by atoms with Crippen molar-refractivity contribution in [3.63, 3.8) is 0 Å². The number of anilines is 2. The highest BCUT2D eigenvalue weighted by atomic mass is 16.1. The summed E-state index contributed by atoms with van der Waals surface area (Å²) in [6.45, 7) is 10.4. The summed E-state index contributed by atoms with van der Waals surface area (Å²) in [5, 5.41) is 0. The zero-order valence-electron chi connectivity index (χ0n) is 16.5. The third-order valence-corrected chi connectivity index (χ3v) is 4.56. The summed E-state index contributed by atoms with van der Waals surface area (Å²) in [7, 11) is 0. The van der Waals surface area contributed by atoms with Crippen molar-refractivity contribution >= 4 is 17.8 Å². The van der Waals surface area contributed by atoms with Crippen molar-refractivity contribution in [1.82, 2.24) is 9.97 Å². The molecule has 0 aliphatic rings. The number of amides is 1. The van der Waals surface area contributed by atoms with Gasteiger partial charge in [-0.1, -0.05) is 32.9 Å². The Morgan fingerprint density at radius 3 is 2.07 bits per heavy atom. The molecule has 0 aliphatic heterocycles. The summed E-state index contributed by atoms with van der Waals surface area (Å²) in [6.07, 6.45) is 4.42. The summed E-state index contributed by atoms with van der Waals surface area (Å²) in [5.41, 5.74) is 6.68. The average Bonchev–Trinajstić information content (AvgIpc) is 2.61. The first kappa shape index (κ1) is 18.8. The lowest BCUT2D eigenvalue weighted by Gasteiger charge is -2.28. The van der Waals surface area contributed by atoms with Crippen LogP contribution in [0.2, 0.25) is 0 Å². The number of benzene rings is 1. The molecule has 138 valence electrons. The van der Waals surface area contributed by atoms with Crippen molar-refractivity contribution in [1.29, 1.82) is 0 Å². The molecule has 0 fully saturated rings. The van der Waals surface area contributed by atoms with E-state index >= 15 is 0 Å². The molecule has 0 spiro atoms. The SMILES string of the molecule is Cc1cc(-c2ccc(C(C)(C)C)c(N(C=O)c3ccnc(C)c3)c2)ccn1. The summed E-state index contributed by atoms with van der Waals surface area (Å²) < 4.78 is 0. The molecule has 0 N–H and O–H groups in total. The first-order chi connectivity index (χ1) is 12.8. The van der Waals surface area contributed by atoms with Gasteiger partial charge in [0.25, 0.3) is 0 Å². The van der Waals surface area contributed by atoms with E-state index in [4.69, 9.17) is 0 Å². The topological polar surface area (TPSA) is 46.1 Å². The Hall–Kier alpha value is -3.01. The van der Waals surface area contributed by atoms with Crippen LogP contribution in [0.1, 0.15) is 37.7 Å². The van der Waals surface area contributed by atoms with Gasteiger partial charge in [-0.05, 0) is 66.3 Å². The fraction of sp³-hybridized carbons (Fsp3) is 0.261. The van der Waals surface area contributed by atoms with Gasteiger partial charge in [-0.3, -0.25) is 19.7 Å². The molecule has 0 unspecified atom stereocenters. The van der Waals surface area contributed by atoms with Crippen molar-refractivity contribution in [2.45, 2.75) is 40.0 Å². The lowest BCUT2D eigenvalue weighted by atomic mass is 9.84. The van der Waals surface area contributed by atoms with Crippen LogP contribution in [0.5, 0.6) is 0 Å². The predicted molar refractivity (Wildman–Crippen MR) is 110 cm³/mol. The van der Waals surface area contributed by atoms with Gasteiger partial charge in [0.2, 0.25) is 6.41 Å². The molecule has 4 nitrogen and oxygen atoms in total. The molecular weight excluding hydrogens is 334 g/mol. The minimum absolute atomic E-state index is 0.106. The third-order valence-electron chi connectivity index (χ3n) is 4.56. The molecule has 0 radical (unpaired) electrons.